The van der Waals surface area contributed by atoms with E-state index in [0.29, 0.717) is 5.65 Å². The van der Waals surface area contributed by atoms with Crippen LogP contribution in [0.5, 0.6) is 0 Å². The predicted molar refractivity (Wildman–Crippen MR) is 60.6 cm³/mol. The number of fused-ring (bicyclic) bond motifs is 1. The van der Waals surface area contributed by atoms with Gasteiger partial charge in [0, 0.05) is 6.54 Å². The Morgan fingerprint density at radius 1 is 1.35 bits per heavy atom. The van der Waals surface area contributed by atoms with E-state index in [1.165, 1.54) is 0 Å². The van der Waals surface area contributed by atoms with Gasteiger partial charge in [-0.25, -0.2) is 0 Å². The average molecular weight is 234 g/mol. The Morgan fingerprint density at radius 2 is 2.29 bits per heavy atom. The largest absolute Gasteiger partial charge is 0.394 e. The van der Waals surface area contributed by atoms with Crippen molar-refractivity contribution in [3.05, 3.63) is 12.4 Å². The van der Waals surface area contributed by atoms with E-state index in [1.54, 1.807) is 16.9 Å². The van der Waals surface area contributed by atoms with Gasteiger partial charge in [0.25, 0.3) is 0 Å². The maximum absolute atomic E-state index is 9.42. The van der Waals surface area contributed by atoms with Gasteiger partial charge in [-0.15, -0.1) is 5.10 Å². The number of aliphatic hydroxyl groups excluding tert-OH is 1. The van der Waals surface area contributed by atoms with Crippen LogP contribution in [0.4, 0.5) is 5.82 Å². The van der Waals surface area contributed by atoms with E-state index in [1.807, 2.05) is 0 Å². The Kier molecular flexibility index (Phi) is 2.60. The van der Waals surface area contributed by atoms with E-state index in [-0.39, 0.29) is 12.6 Å². The molecule has 0 saturated carbocycles. The van der Waals surface area contributed by atoms with Crippen LogP contribution in [0, 0.1) is 0 Å². The summed E-state index contributed by atoms with van der Waals surface area (Å²) in [5.41, 5.74) is 0.629. The molecule has 0 bridgehead atoms. The summed E-state index contributed by atoms with van der Waals surface area (Å²) in [6.07, 6.45) is 6.64. The summed E-state index contributed by atoms with van der Waals surface area (Å²) in [4.78, 5) is 6.28. The predicted octanol–water partition coefficient (Wildman–Crippen LogP) is -0.130. The van der Waals surface area contributed by atoms with Crippen LogP contribution in [0.15, 0.2) is 12.4 Å². The first-order valence-electron chi connectivity index (χ1n) is 5.80. The van der Waals surface area contributed by atoms with Crippen molar-refractivity contribution in [3.8, 4) is 0 Å². The third-order valence-corrected chi connectivity index (χ3v) is 3.22. The highest BCUT2D eigenvalue weighted by atomic mass is 16.3. The quantitative estimate of drug-likeness (QED) is 0.779. The van der Waals surface area contributed by atoms with Gasteiger partial charge in [-0.3, -0.25) is 4.98 Å². The van der Waals surface area contributed by atoms with Crippen LogP contribution in [0.25, 0.3) is 5.65 Å². The van der Waals surface area contributed by atoms with Crippen LogP contribution < -0.4 is 4.90 Å². The summed E-state index contributed by atoms with van der Waals surface area (Å²) in [7, 11) is 0. The first kappa shape index (κ1) is 10.4. The van der Waals surface area contributed by atoms with Crippen molar-refractivity contribution >= 4 is 11.5 Å². The lowest BCUT2D eigenvalue weighted by Crippen LogP contribution is -2.43. The number of piperidine rings is 1. The molecule has 0 aliphatic carbocycles. The minimum absolute atomic E-state index is 0.139. The number of anilines is 1. The molecule has 3 heterocycles. The smallest absolute Gasteiger partial charge is 0.199 e. The summed E-state index contributed by atoms with van der Waals surface area (Å²) in [5, 5.41) is 20.9. The van der Waals surface area contributed by atoms with Crippen LogP contribution in [-0.4, -0.2) is 49.3 Å². The average Bonchev–Trinajstić information content (AvgIpc) is 2.86. The molecule has 0 spiro atoms. The Morgan fingerprint density at radius 3 is 3.18 bits per heavy atom. The van der Waals surface area contributed by atoms with Crippen LogP contribution in [0.2, 0.25) is 0 Å². The Labute approximate surface area is 98.1 Å². The minimum atomic E-state index is 0.139. The lowest BCUT2D eigenvalue weighted by Gasteiger charge is -2.35. The van der Waals surface area contributed by atoms with Gasteiger partial charge in [0.1, 0.15) is 0 Å². The Balaban J connectivity index is 2.04. The second-order valence-electron chi connectivity index (χ2n) is 4.24. The molecule has 1 aliphatic rings. The van der Waals surface area contributed by atoms with Gasteiger partial charge < -0.3 is 10.0 Å². The number of aromatic nitrogens is 5. The molecule has 0 amide bonds. The number of nitrogens with zero attached hydrogens (tertiary/aromatic N) is 6. The Bertz CT molecular complexity index is 512. The van der Waals surface area contributed by atoms with Gasteiger partial charge in [-0.05, 0) is 29.7 Å². The SMILES string of the molecule is OCC1CCCCN1c1cncc2nnnn12. The molecule has 1 fully saturated rings. The minimum Gasteiger partial charge on any atom is -0.394 e. The molecule has 3 rings (SSSR count). The normalized spacial score (nSPS) is 21.0. The summed E-state index contributed by atoms with van der Waals surface area (Å²) in [6, 6.07) is 0.139. The molecule has 7 nitrogen and oxygen atoms in total. The van der Waals surface area contributed by atoms with Crippen molar-refractivity contribution in [2.45, 2.75) is 25.3 Å². The van der Waals surface area contributed by atoms with Gasteiger partial charge in [0.15, 0.2) is 11.5 Å². The molecular formula is C10H14N6O. The molecule has 90 valence electrons. The highest BCUT2D eigenvalue weighted by molar-refractivity contribution is 5.47. The number of aliphatic hydroxyl groups is 1. The second kappa shape index (κ2) is 4.25. The van der Waals surface area contributed by atoms with Crippen molar-refractivity contribution in [1.29, 1.82) is 0 Å². The summed E-state index contributed by atoms with van der Waals surface area (Å²) in [5.74, 6) is 0.853. The summed E-state index contributed by atoms with van der Waals surface area (Å²) >= 11 is 0. The first-order chi connectivity index (χ1) is 8.40. The summed E-state index contributed by atoms with van der Waals surface area (Å²) < 4.78 is 1.67. The van der Waals surface area contributed by atoms with Gasteiger partial charge in [0.2, 0.25) is 0 Å². The van der Waals surface area contributed by atoms with Gasteiger partial charge in [-0.1, -0.05) is 0 Å². The maximum Gasteiger partial charge on any atom is 0.199 e. The molecule has 2 aromatic heterocycles. The highest BCUT2D eigenvalue weighted by Crippen LogP contribution is 2.23. The fourth-order valence-corrected chi connectivity index (χ4v) is 2.35. The molecule has 0 aromatic carbocycles. The zero-order chi connectivity index (χ0) is 11.7. The van der Waals surface area contributed by atoms with Crippen molar-refractivity contribution < 1.29 is 5.11 Å². The van der Waals surface area contributed by atoms with Gasteiger partial charge >= 0.3 is 0 Å². The third-order valence-electron chi connectivity index (χ3n) is 3.22. The number of hydrogen-bond donors (Lipinski definition) is 1. The molecule has 7 heteroatoms. The fourth-order valence-electron chi connectivity index (χ4n) is 2.35. The fraction of sp³-hybridized carbons (Fsp3) is 0.600. The van der Waals surface area contributed by atoms with Gasteiger partial charge in [0.05, 0.1) is 25.0 Å². The topological polar surface area (TPSA) is 79.4 Å². The summed E-state index contributed by atoms with van der Waals surface area (Å²) in [6.45, 7) is 1.06. The number of rotatable bonds is 2. The van der Waals surface area contributed by atoms with E-state index < -0.39 is 0 Å². The second-order valence-corrected chi connectivity index (χ2v) is 4.24. The van der Waals surface area contributed by atoms with E-state index in [2.05, 4.69) is 25.4 Å². The molecule has 1 aliphatic heterocycles. The molecule has 17 heavy (non-hydrogen) atoms. The lowest BCUT2D eigenvalue weighted by atomic mass is 10.0. The van der Waals surface area contributed by atoms with E-state index in [4.69, 9.17) is 0 Å². The van der Waals surface area contributed by atoms with E-state index >= 15 is 0 Å². The van der Waals surface area contributed by atoms with Crippen molar-refractivity contribution in [2.24, 2.45) is 0 Å². The zero-order valence-corrected chi connectivity index (χ0v) is 9.40. The standard InChI is InChI=1S/C10H14N6O/c17-7-8-3-1-2-4-15(8)10-6-11-5-9-12-13-14-16(9)10/h5-6,8,17H,1-4,7H2. The van der Waals surface area contributed by atoms with Crippen LogP contribution >= 0.6 is 0 Å². The maximum atomic E-state index is 9.42. The van der Waals surface area contributed by atoms with E-state index in [0.717, 1.165) is 31.6 Å². The van der Waals surface area contributed by atoms with Crippen LogP contribution in [0.1, 0.15) is 19.3 Å². The van der Waals surface area contributed by atoms with Crippen LogP contribution in [-0.2, 0) is 0 Å². The molecule has 2 aromatic rings. The van der Waals surface area contributed by atoms with Crippen molar-refractivity contribution in [1.82, 2.24) is 25.0 Å². The number of tetrazole rings is 1. The molecule has 1 atom stereocenters. The molecule has 1 unspecified atom stereocenters. The first-order valence-corrected chi connectivity index (χ1v) is 5.80. The third kappa shape index (κ3) is 1.72. The van der Waals surface area contributed by atoms with Crippen LogP contribution in [0.3, 0.4) is 0 Å². The molecule has 1 saturated heterocycles. The van der Waals surface area contributed by atoms with Crippen molar-refractivity contribution in [3.63, 3.8) is 0 Å². The lowest BCUT2D eigenvalue weighted by molar-refractivity contribution is 0.239. The van der Waals surface area contributed by atoms with Crippen molar-refractivity contribution in [2.75, 3.05) is 18.1 Å². The Hall–Kier alpha value is -1.76. The van der Waals surface area contributed by atoms with Gasteiger partial charge in [-0.2, -0.15) is 4.52 Å². The number of hydrogen-bond acceptors (Lipinski definition) is 6. The molecule has 0 radical (unpaired) electrons. The monoisotopic (exact) mass is 234 g/mol. The zero-order valence-electron chi connectivity index (χ0n) is 9.40. The van der Waals surface area contributed by atoms with E-state index in [9.17, 15) is 5.11 Å². The molecule has 1 N–H and O–H groups in total. The molecular weight excluding hydrogens is 220 g/mol. The highest BCUT2D eigenvalue weighted by Gasteiger charge is 2.24.